The highest BCUT2D eigenvalue weighted by Gasteiger charge is 2.41. The van der Waals surface area contributed by atoms with Gasteiger partial charge in [0.05, 0.1) is 30.8 Å². The summed E-state index contributed by atoms with van der Waals surface area (Å²) in [6.45, 7) is 0.868. The fraction of sp³-hybridized carbons (Fsp3) is 0.391. The van der Waals surface area contributed by atoms with Crippen molar-refractivity contribution in [1.82, 2.24) is 24.1 Å². The monoisotopic (exact) mass is 508 g/mol. The van der Waals surface area contributed by atoms with Crippen LogP contribution < -0.4 is 0 Å². The Labute approximate surface area is 201 Å². The quantitative estimate of drug-likeness (QED) is 0.324. The number of carbonyl (C=O) groups is 1. The van der Waals surface area contributed by atoms with E-state index in [2.05, 4.69) is 10.1 Å². The predicted molar refractivity (Wildman–Crippen MR) is 118 cm³/mol. The molecule has 2 aliphatic heterocycles. The largest absolute Gasteiger partial charge is 0.408 e. The highest BCUT2D eigenvalue weighted by molar-refractivity contribution is 5.96. The van der Waals surface area contributed by atoms with Gasteiger partial charge in [-0.2, -0.15) is 18.3 Å². The highest BCUT2D eigenvalue weighted by atomic mass is 19.4. The minimum Gasteiger partial charge on any atom is -0.380 e. The summed E-state index contributed by atoms with van der Waals surface area (Å²) in [4.78, 5) is 18.3. The summed E-state index contributed by atoms with van der Waals surface area (Å²) < 4.78 is 74.9. The number of rotatable bonds is 5. The molecule has 0 unspecified atom stereocenters. The van der Waals surface area contributed by atoms with Gasteiger partial charge in [0.2, 0.25) is 5.91 Å². The van der Waals surface area contributed by atoms with Crippen molar-refractivity contribution in [2.24, 2.45) is 5.41 Å². The number of carbonyl (C=O) groups excluding carboxylic acids is 1. The lowest BCUT2D eigenvalue weighted by Gasteiger charge is -2.47. The van der Waals surface area contributed by atoms with E-state index in [1.165, 1.54) is 6.08 Å². The van der Waals surface area contributed by atoms with Gasteiger partial charge in [0.25, 0.3) is 0 Å². The van der Waals surface area contributed by atoms with E-state index in [0.717, 1.165) is 41.9 Å². The summed E-state index contributed by atoms with van der Waals surface area (Å²) in [6, 6.07) is 0.631. The van der Waals surface area contributed by atoms with E-state index in [-0.39, 0.29) is 39.6 Å². The summed E-state index contributed by atoms with van der Waals surface area (Å²) in [5, 5.41) is 11.8. The molecule has 1 amide bonds. The maximum atomic E-state index is 14.1. The number of ether oxygens (including phenoxy) is 1. The first-order valence-corrected chi connectivity index (χ1v) is 11.1. The Balaban J connectivity index is 1.51. The van der Waals surface area contributed by atoms with Crippen LogP contribution in [0.5, 0.6) is 0 Å². The molecule has 8 nitrogen and oxygen atoms in total. The van der Waals surface area contributed by atoms with Crippen LogP contribution in [0, 0.1) is 22.5 Å². The molecule has 0 saturated carbocycles. The third-order valence-corrected chi connectivity index (χ3v) is 6.61. The number of hydrogen-bond acceptors (Lipinski definition) is 5. The van der Waals surface area contributed by atoms with E-state index in [0.29, 0.717) is 37.1 Å². The Hall–Kier alpha value is -3.61. The molecule has 1 spiro atoms. The van der Waals surface area contributed by atoms with Crippen molar-refractivity contribution in [2.45, 2.75) is 25.6 Å². The van der Waals surface area contributed by atoms with Crippen LogP contribution in [0.25, 0.3) is 23.1 Å². The Bertz CT molecular complexity index is 1360. The molecule has 2 aliphatic rings. The van der Waals surface area contributed by atoms with Crippen molar-refractivity contribution in [3.8, 4) is 11.4 Å². The van der Waals surface area contributed by atoms with Gasteiger partial charge in [-0.3, -0.25) is 13.9 Å². The molecule has 2 saturated heterocycles. The number of nitrogens with one attached hydrogen (secondary N) is 1. The molecule has 3 aromatic rings. The number of alkyl halides is 3. The van der Waals surface area contributed by atoms with Crippen LogP contribution in [0.2, 0.25) is 0 Å². The zero-order chi connectivity index (χ0) is 25.7. The zero-order valence-corrected chi connectivity index (χ0v) is 18.9. The van der Waals surface area contributed by atoms with Crippen molar-refractivity contribution in [1.29, 1.82) is 5.41 Å². The van der Waals surface area contributed by atoms with Gasteiger partial charge in [-0.1, -0.05) is 0 Å². The molecule has 0 bridgehead atoms. The number of halogens is 5. The summed E-state index contributed by atoms with van der Waals surface area (Å²) >= 11 is 0. The number of pyridine rings is 1. The number of aromatic nitrogens is 4. The van der Waals surface area contributed by atoms with Crippen molar-refractivity contribution >= 4 is 23.8 Å². The lowest BCUT2D eigenvalue weighted by Crippen LogP contribution is -2.51. The van der Waals surface area contributed by atoms with Crippen LogP contribution in [-0.2, 0) is 16.1 Å². The Morgan fingerprint density at radius 1 is 1.22 bits per heavy atom. The third-order valence-electron chi connectivity index (χ3n) is 6.61. The van der Waals surface area contributed by atoms with Gasteiger partial charge in [0, 0.05) is 48.6 Å². The molecule has 3 aromatic heterocycles. The number of piperidine rings is 1. The van der Waals surface area contributed by atoms with Crippen LogP contribution in [0.4, 0.5) is 22.0 Å². The number of hydrogen-bond donors (Lipinski definition) is 1. The average molecular weight is 508 g/mol. The Morgan fingerprint density at radius 2 is 1.94 bits per heavy atom. The minimum absolute atomic E-state index is 0.00662. The molecule has 1 N–H and O–H groups in total. The topological polar surface area (TPSA) is 88.5 Å². The smallest absolute Gasteiger partial charge is 0.380 e. The van der Waals surface area contributed by atoms with E-state index in [1.807, 2.05) is 0 Å². The van der Waals surface area contributed by atoms with Crippen LogP contribution in [0.15, 0.2) is 24.5 Å². The van der Waals surface area contributed by atoms with Gasteiger partial charge in [-0.05, 0) is 18.9 Å². The van der Waals surface area contributed by atoms with Crippen molar-refractivity contribution in [2.75, 3.05) is 26.3 Å². The molecule has 36 heavy (non-hydrogen) atoms. The minimum atomic E-state index is -4.65. The van der Waals surface area contributed by atoms with E-state index in [1.54, 1.807) is 4.90 Å². The number of likely N-dealkylation sites (tertiary alicyclic amines) is 1. The molecular weight excluding hydrogens is 487 g/mol. The molecule has 5 heterocycles. The second-order valence-electron chi connectivity index (χ2n) is 9.06. The molecule has 190 valence electrons. The van der Waals surface area contributed by atoms with E-state index in [9.17, 15) is 26.7 Å². The van der Waals surface area contributed by atoms with E-state index >= 15 is 0 Å². The molecular formula is C23H21F5N6O2. The molecule has 0 aromatic carbocycles. The third kappa shape index (κ3) is 4.38. The first-order chi connectivity index (χ1) is 17.1. The van der Waals surface area contributed by atoms with Crippen LogP contribution >= 0.6 is 0 Å². The first-order valence-electron chi connectivity index (χ1n) is 11.1. The van der Waals surface area contributed by atoms with Gasteiger partial charge in [-0.15, -0.1) is 0 Å². The molecule has 0 radical (unpaired) electrons. The zero-order valence-electron chi connectivity index (χ0n) is 18.9. The molecule has 13 heteroatoms. The fourth-order valence-corrected chi connectivity index (χ4v) is 4.61. The lowest BCUT2D eigenvalue weighted by atomic mass is 9.77. The number of fused-ring (bicyclic) bond motifs is 1. The maximum Gasteiger partial charge on any atom is 0.408 e. The van der Waals surface area contributed by atoms with Gasteiger partial charge in [-0.25, -0.2) is 13.8 Å². The van der Waals surface area contributed by atoms with Crippen LogP contribution in [0.1, 0.15) is 24.1 Å². The van der Waals surface area contributed by atoms with Gasteiger partial charge >= 0.3 is 6.18 Å². The first kappa shape index (κ1) is 24.1. The van der Waals surface area contributed by atoms with Gasteiger partial charge in [0.15, 0.2) is 11.5 Å². The van der Waals surface area contributed by atoms with Crippen molar-refractivity contribution in [3.63, 3.8) is 0 Å². The highest BCUT2D eigenvalue weighted by Crippen LogP contribution is 2.38. The summed E-state index contributed by atoms with van der Waals surface area (Å²) in [5.74, 6) is -2.26. The van der Waals surface area contributed by atoms with E-state index in [4.69, 9.17) is 10.1 Å². The summed E-state index contributed by atoms with van der Waals surface area (Å²) in [5.41, 5.74) is -0.477. The Kier molecular flexibility index (Phi) is 5.89. The number of imidazole rings is 1. The fourth-order valence-electron chi connectivity index (χ4n) is 4.61. The van der Waals surface area contributed by atoms with Crippen molar-refractivity contribution < 1.29 is 31.5 Å². The Morgan fingerprint density at radius 3 is 2.56 bits per heavy atom. The number of amides is 1. The average Bonchev–Trinajstić information content (AvgIpc) is 3.36. The van der Waals surface area contributed by atoms with Crippen LogP contribution in [-0.4, -0.2) is 68.7 Å². The van der Waals surface area contributed by atoms with Crippen LogP contribution in [0.3, 0.4) is 0 Å². The number of nitrogens with zero attached hydrogens (tertiary/aromatic N) is 5. The molecule has 0 atom stereocenters. The SMILES string of the molecule is N=Cc1c(-c2cnc3c(F)cc(F)cn23)nn(CC(F)(F)F)c1/C=C/C(=O)N1CCC2(CC1)COC2. The molecule has 0 aliphatic carbocycles. The second-order valence-corrected chi connectivity index (χ2v) is 9.06. The van der Waals surface area contributed by atoms with E-state index < -0.39 is 24.4 Å². The maximum absolute atomic E-state index is 14.1. The standard InChI is InChI=1S/C23H21F5N6O2/c24-14-7-16(25)21-30-9-18(33(21)10-14)20-15(8-29)17(34(31-20)11-23(26,27)28)1-2-19(35)32-5-3-22(4-6-32)12-36-13-22/h1-2,7-10,29H,3-6,11-13H2/b2-1+,29-8?. The summed E-state index contributed by atoms with van der Waals surface area (Å²) in [7, 11) is 0. The predicted octanol–water partition coefficient (Wildman–Crippen LogP) is 3.69. The van der Waals surface area contributed by atoms with Crippen molar-refractivity contribution in [3.05, 3.63) is 47.4 Å². The second kappa shape index (κ2) is 8.80. The molecule has 2 fully saturated rings. The summed E-state index contributed by atoms with van der Waals surface area (Å²) in [6.07, 6.45) is 2.11. The lowest BCUT2D eigenvalue weighted by molar-refractivity contribution is -0.150. The van der Waals surface area contributed by atoms with Gasteiger partial charge in [0.1, 0.15) is 18.1 Å². The van der Waals surface area contributed by atoms with Gasteiger partial charge < -0.3 is 15.0 Å². The normalized spacial score (nSPS) is 17.8. The molecule has 5 rings (SSSR count).